The zero-order chi connectivity index (χ0) is 25.0. The number of amides is 3. The van der Waals surface area contributed by atoms with E-state index in [1.807, 2.05) is 6.92 Å². The normalized spacial score (nSPS) is 15.7. The van der Waals surface area contributed by atoms with Crippen molar-refractivity contribution in [3.05, 3.63) is 0 Å². The maximum absolute atomic E-state index is 12.9. The first-order chi connectivity index (χ1) is 14.8. The van der Waals surface area contributed by atoms with Gasteiger partial charge in [-0.2, -0.15) is 11.8 Å². The van der Waals surface area contributed by atoms with Gasteiger partial charge in [-0.25, -0.2) is 4.79 Å². The lowest BCUT2D eigenvalue weighted by atomic mass is 9.96. The molecule has 0 rings (SSSR count). The highest BCUT2D eigenvalue weighted by Crippen LogP contribution is 2.11. The van der Waals surface area contributed by atoms with E-state index in [1.54, 1.807) is 27.0 Å². The Kier molecular flexibility index (Phi) is 13.6. The number of carbonyl (C=O) groups is 5. The summed E-state index contributed by atoms with van der Waals surface area (Å²) in [4.78, 5) is 60.5. The van der Waals surface area contributed by atoms with Crippen LogP contribution in [0.4, 0.5) is 0 Å². The van der Waals surface area contributed by atoms with Gasteiger partial charge in [-0.15, -0.1) is 0 Å². The molecule has 0 aliphatic heterocycles. The van der Waals surface area contributed by atoms with Gasteiger partial charge in [-0.3, -0.25) is 19.2 Å². The molecule has 3 amide bonds. The molecule has 0 aromatic rings. The van der Waals surface area contributed by atoms with E-state index in [2.05, 4.69) is 16.0 Å². The fraction of sp³-hybridized carbons (Fsp3) is 0.750. The molecule has 0 aliphatic carbocycles. The summed E-state index contributed by atoms with van der Waals surface area (Å²) in [5.41, 5.74) is 5.85. The van der Waals surface area contributed by atoms with Crippen molar-refractivity contribution < 1.29 is 34.2 Å². The molecule has 0 fully saturated rings. The number of hydrogen-bond acceptors (Lipinski definition) is 7. The second-order valence-corrected chi connectivity index (χ2v) is 8.97. The average Bonchev–Trinajstić information content (AvgIpc) is 2.71. The number of aliphatic carboxylic acids is 2. The number of rotatable bonds is 15. The van der Waals surface area contributed by atoms with Crippen molar-refractivity contribution >= 4 is 41.4 Å². The van der Waals surface area contributed by atoms with Crippen molar-refractivity contribution in [1.82, 2.24) is 16.0 Å². The van der Waals surface area contributed by atoms with E-state index in [4.69, 9.17) is 10.8 Å². The predicted molar refractivity (Wildman–Crippen MR) is 121 cm³/mol. The summed E-state index contributed by atoms with van der Waals surface area (Å²) >= 11 is 1.39. The van der Waals surface area contributed by atoms with E-state index in [0.717, 1.165) is 0 Å². The maximum Gasteiger partial charge on any atom is 0.326 e. The topological polar surface area (TPSA) is 188 Å². The Morgan fingerprint density at radius 2 is 1.47 bits per heavy atom. The van der Waals surface area contributed by atoms with Crippen molar-refractivity contribution in [2.45, 2.75) is 71.1 Å². The number of hydrogen-bond donors (Lipinski definition) is 6. The molecule has 5 unspecified atom stereocenters. The van der Waals surface area contributed by atoms with E-state index in [1.165, 1.54) is 11.8 Å². The smallest absolute Gasteiger partial charge is 0.326 e. The van der Waals surface area contributed by atoms with E-state index in [0.29, 0.717) is 12.2 Å². The molecule has 0 heterocycles. The first-order valence-corrected chi connectivity index (χ1v) is 11.8. The van der Waals surface area contributed by atoms with Gasteiger partial charge in [0.2, 0.25) is 17.7 Å². The van der Waals surface area contributed by atoms with Gasteiger partial charge in [0.25, 0.3) is 0 Å². The number of carbonyl (C=O) groups excluding carboxylic acids is 3. The molecule has 7 N–H and O–H groups in total. The molecule has 0 aromatic heterocycles. The molecule has 0 aromatic carbocycles. The average molecular weight is 477 g/mol. The highest BCUT2D eigenvalue weighted by atomic mass is 32.2. The molecule has 0 spiro atoms. The van der Waals surface area contributed by atoms with Crippen LogP contribution in [-0.2, 0) is 24.0 Å². The first-order valence-electron chi connectivity index (χ1n) is 10.5. The van der Waals surface area contributed by atoms with Gasteiger partial charge in [0, 0.05) is 0 Å². The van der Waals surface area contributed by atoms with Crippen molar-refractivity contribution in [3.8, 4) is 0 Å². The Morgan fingerprint density at radius 3 is 1.91 bits per heavy atom. The first kappa shape index (κ1) is 29.7. The van der Waals surface area contributed by atoms with Crippen molar-refractivity contribution in [3.63, 3.8) is 0 Å². The standard InChI is InChI=1S/C20H36N4O7S/c1-6-11(4)16(24-18(28)15(21)10(2)3)19(29)23-13(9-14(25)26)17(27)22-12(20(30)31)7-8-32-5/h10-13,15-16H,6-9,21H2,1-5H3,(H,22,27)(H,23,29)(H,24,28)(H,25,26)(H,30,31). The fourth-order valence-electron chi connectivity index (χ4n) is 2.66. The van der Waals surface area contributed by atoms with Gasteiger partial charge in [0.05, 0.1) is 12.5 Å². The van der Waals surface area contributed by atoms with Crippen LogP contribution >= 0.6 is 11.8 Å². The van der Waals surface area contributed by atoms with E-state index in [9.17, 15) is 29.1 Å². The van der Waals surface area contributed by atoms with Crippen LogP contribution in [0.15, 0.2) is 0 Å². The summed E-state index contributed by atoms with van der Waals surface area (Å²) in [7, 11) is 0. The summed E-state index contributed by atoms with van der Waals surface area (Å²) in [6.07, 6.45) is 1.68. The van der Waals surface area contributed by atoms with Crippen LogP contribution in [0, 0.1) is 11.8 Å². The zero-order valence-corrected chi connectivity index (χ0v) is 20.0. The monoisotopic (exact) mass is 476 g/mol. The number of carboxylic acid groups (broad SMARTS) is 2. The molecular formula is C20H36N4O7S. The highest BCUT2D eigenvalue weighted by Gasteiger charge is 2.33. The van der Waals surface area contributed by atoms with Crippen LogP contribution < -0.4 is 21.7 Å². The molecular weight excluding hydrogens is 440 g/mol. The van der Waals surface area contributed by atoms with Crippen LogP contribution in [0.1, 0.15) is 47.0 Å². The largest absolute Gasteiger partial charge is 0.481 e. The second-order valence-electron chi connectivity index (χ2n) is 7.98. The minimum atomic E-state index is -1.52. The van der Waals surface area contributed by atoms with Gasteiger partial charge < -0.3 is 31.9 Å². The van der Waals surface area contributed by atoms with E-state index < -0.39 is 60.2 Å². The second kappa shape index (κ2) is 14.7. The van der Waals surface area contributed by atoms with Crippen LogP contribution in [0.2, 0.25) is 0 Å². The minimum Gasteiger partial charge on any atom is -0.481 e. The molecule has 0 bridgehead atoms. The molecule has 32 heavy (non-hydrogen) atoms. The number of thioether (sulfide) groups is 1. The highest BCUT2D eigenvalue weighted by molar-refractivity contribution is 7.98. The zero-order valence-electron chi connectivity index (χ0n) is 19.2. The Morgan fingerprint density at radius 1 is 0.906 bits per heavy atom. The molecule has 184 valence electrons. The van der Waals surface area contributed by atoms with Crippen molar-refractivity contribution in [1.29, 1.82) is 0 Å². The molecule has 0 aliphatic rings. The van der Waals surface area contributed by atoms with Gasteiger partial charge in [0.15, 0.2) is 0 Å². The third kappa shape index (κ3) is 10.3. The summed E-state index contributed by atoms with van der Waals surface area (Å²) in [5.74, 6) is -4.87. The molecule has 0 saturated heterocycles. The van der Waals surface area contributed by atoms with Crippen molar-refractivity contribution in [2.24, 2.45) is 17.6 Å². The Balaban J connectivity index is 5.55. The molecule has 0 radical (unpaired) electrons. The minimum absolute atomic E-state index is 0.134. The van der Waals surface area contributed by atoms with E-state index >= 15 is 0 Å². The summed E-state index contributed by atoms with van der Waals surface area (Å²) < 4.78 is 0. The van der Waals surface area contributed by atoms with Gasteiger partial charge in [-0.1, -0.05) is 34.1 Å². The lowest BCUT2D eigenvalue weighted by Crippen LogP contribution is -2.59. The third-order valence-electron chi connectivity index (χ3n) is 5.05. The maximum atomic E-state index is 12.9. The Labute approximate surface area is 192 Å². The lowest BCUT2D eigenvalue weighted by Gasteiger charge is -2.28. The third-order valence-corrected chi connectivity index (χ3v) is 5.70. The Bertz CT molecular complexity index is 674. The Hall–Kier alpha value is -2.34. The fourth-order valence-corrected chi connectivity index (χ4v) is 3.14. The quantitative estimate of drug-likeness (QED) is 0.186. The summed E-state index contributed by atoms with van der Waals surface area (Å²) in [6.45, 7) is 7.04. The summed E-state index contributed by atoms with van der Waals surface area (Å²) in [5, 5.41) is 25.7. The molecule has 11 nitrogen and oxygen atoms in total. The lowest BCUT2D eigenvalue weighted by molar-refractivity contribution is -0.143. The number of nitrogens with two attached hydrogens (primary N) is 1. The van der Waals surface area contributed by atoms with Gasteiger partial charge >= 0.3 is 11.9 Å². The van der Waals surface area contributed by atoms with E-state index in [-0.39, 0.29) is 18.3 Å². The molecule has 0 saturated carbocycles. The summed E-state index contributed by atoms with van der Waals surface area (Å²) in [6, 6.07) is -4.64. The van der Waals surface area contributed by atoms with Gasteiger partial charge in [-0.05, 0) is 30.3 Å². The van der Waals surface area contributed by atoms with Crippen LogP contribution in [0.3, 0.4) is 0 Å². The van der Waals surface area contributed by atoms with Gasteiger partial charge in [0.1, 0.15) is 18.1 Å². The number of nitrogens with one attached hydrogen (secondary N) is 3. The van der Waals surface area contributed by atoms with Crippen molar-refractivity contribution in [2.75, 3.05) is 12.0 Å². The van der Waals surface area contributed by atoms with Crippen LogP contribution in [0.5, 0.6) is 0 Å². The molecule has 5 atom stereocenters. The number of carboxylic acids is 2. The molecule has 12 heteroatoms. The van der Waals surface area contributed by atoms with Crippen LogP contribution in [0.25, 0.3) is 0 Å². The SMILES string of the molecule is CCC(C)C(NC(=O)C(N)C(C)C)C(=O)NC(CC(=O)O)C(=O)NC(CCSC)C(=O)O. The predicted octanol–water partition coefficient (Wildman–Crippen LogP) is -0.217. The van der Waals surface area contributed by atoms with Crippen LogP contribution in [-0.4, -0.2) is 76.0 Å².